The molecule has 0 N–H and O–H groups in total. The van der Waals surface area contributed by atoms with Crippen molar-refractivity contribution < 1.29 is 4.74 Å². The molecule has 1 nitrogen and oxygen atoms in total. The Bertz CT molecular complexity index is 115. The zero-order chi connectivity index (χ0) is 8.81. The minimum Gasteiger partial charge on any atom is -0.381 e. The van der Waals surface area contributed by atoms with E-state index in [-0.39, 0.29) is 0 Å². The lowest BCUT2D eigenvalue weighted by atomic mass is 10.2. The molecule has 0 aromatic carbocycles. The highest BCUT2D eigenvalue weighted by Gasteiger charge is 2.14. The molecule has 3 heteroatoms. The number of hydrogen-bond acceptors (Lipinski definition) is 2. The number of ether oxygens (including phenoxy) is 1. The van der Waals surface area contributed by atoms with E-state index in [1.807, 2.05) is 0 Å². The van der Waals surface area contributed by atoms with Crippen LogP contribution in [0.15, 0.2) is 0 Å². The van der Waals surface area contributed by atoms with Crippen LogP contribution in [0.25, 0.3) is 0 Å². The van der Waals surface area contributed by atoms with E-state index < -0.39 is 0 Å². The smallest absolute Gasteiger partial charge is 0.0476 e. The van der Waals surface area contributed by atoms with Crippen LogP contribution in [-0.4, -0.2) is 29.5 Å². The summed E-state index contributed by atoms with van der Waals surface area (Å²) in [6.07, 6.45) is 2.50. The summed E-state index contributed by atoms with van der Waals surface area (Å²) in [7, 11) is 0. The van der Waals surface area contributed by atoms with Gasteiger partial charge >= 0.3 is 0 Å². The molecule has 72 valence electrons. The maximum Gasteiger partial charge on any atom is 0.0476 e. The third kappa shape index (κ3) is 4.15. The fourth-order valence-corrected chi connectivity index (χ4v) is 2.96. The summed E-state index contributed by atoms with van der Waals surface area (Å²) in [6, 6.07) is 0. The molecule has 1 heterocycles. The Morgan fingerprint density at radius 3 is 2.75 bits per heavy atom. The first-order valence-electron chi connectivity index (χ1n) is 4.58. The summed E-state index contributed by atoms with van der Waals surface area (Å²) in [4.78, 5) is 0. The summed E-state index contributed by atoms with van der Waals surface area (Å²) in [5.41, 5.74) is 0. The van der Waals surface area contributed by atoms with Crippen LogP contribution in [0, 0.1) is 5.92 Å². The van der Waals surface area contributed by atoms with Crippen LogP contribution in [-0.2, 0) is 4.74 Å². The van der Waals surface area contributed by atoms with Crippen LogP contribution in [0.2, 0.25) is 0 Å². The number of thioether (sulfide) groups is 1. The van der Waals surface area contributed by atoms with E-state index in [1.165, 1.54) is 18.6 Å². The fourth-order valence-electron chi connectivity index (χ4n) is 1.19. The van der Waals surface area contributed by atoms with E-state index in [9.17, 15) is 0 Å². The van der Waals surface area contributed by atoms with E-state index in [4.69, 9.17) is 4.74 Å². The molecule has 0 spiro atoms. The second-order valence-electron chi connectivity index (χ2n) is 3.40. The van der Waals surface area contributed by atoms with Crippen LogP contribution < -0.4 is 0 Å². The lowest BCUT2D eigenvalue weighted by molar-refractivity contribution is 0.1000. The van der Waals surface area contributed by atoms with Crippen LogP contribution in [0.3, 0.4) is 0 Å². The molecular weight excluding hydrogens is 236 g/mol. The molecule has 0 bridgehead atoms. The number of halogens is 1. The average molecular weight is 253 g/mol. The Kier molecular flexibility index (Phi) is 5.68. The van der Waals surface area contributed by atoms with Crippen molar-refractivity contribution in [2.75, 3.05) is 24.3 Å². The molecule has 1 unspecified atom stereocenters. The van der Waals surface area contributed by atoms with Gasteiger partial charge in [0.1, 0.15) is 0 Å². The molecule has 1 aliphatic heterocycles. The largest absolute Gasteiger partial charge is 0.381 e. The summed E-state index contributed by atoms with van der Waals surface area (Å²) in [5.74, 6) is 2.09. The van der Waals surface area contributed by atoms with Gasteiger partial charge in [-0.1, -0.05) is 22.9 Å². The number of rotatable bonds is 4. The summed E-state index contributed by atoms with van der Waals surface area (Å²) >= 11 is 5.62. The van der Waals surface area contributed by atoms with Crippen molar-refractivity contribution >= 4 is 27.7 Å². The maximum atomic E-state index is 5.31. The molecule has 1 saturated heterocycles. The van der Waals surface area contributed by atoms with E-state index in [1.54, 1.807) is 0 Å². The van der Waals surface area contributed by atoms with Crippen molar-refractivity contribution in [1.29, 1.82) is 0 Å². The van der Waals surface area contributed by atoms with Gasteiger partial charge in [0.25, 0.3) is 0 Å². The first-order valence-corrected chi connectivity index (χ1v) is 6.75. The Hall–Kier alpha value is 0.790. The third-order valence-corrected chi connectivity index (χ3v) is 4.86. The van der Waals surface area contributed by atoms with Gasteiger partial charge in [0.05, 0.1) is 0 Å². The standard InChI is InChI=1S/C9H17BrOS/c1-8(6-10)7-12-9-2-4-11-5-3-9/h8-9H,2-7H2,1H3. The Labute approximate surface area is 87.8 Å². The molecule has 0 aromatic rings. The van der Waals surface area contributed by atoms with Crippen LogP contribution in [0.4, 0.5) is 0 Å². The topological polar surface area (TPSA) is 9.23 Å². The predicted molar refractivity (Wildman–Crippen MR) is 59.3 cm³/mol. The van der Waals surface area contributed by atoms with Gasteiger partial charge in [-0.2, -0.15) is 11.8 Å². The second-order valence-corrected chi connectivity index (χ2v) is 5.39. The molecule has 1 fully saturated rings. The van der Waals surface area contributed by atoms with Gasteiger partial charge in [0, 0.05) is 23.8 Å². The van der Waals surface area contributed by atoms with E-state index >= 15 is 0 Å². The molecule has 0 aliphatic carbocycles. The van der Waals surface area contributed by atoms with Crippen molar-refractivity contribution in [2.45, 2.75) is 25.0 Å². The number of alkyl halides is 1. The van der Waals surface area contributed by atoms with Crippen molar-refractivity contribution in [2.24, 2.45) is 5.92 Å². The minimum atomic E-state index is 0.804. The van der Waals surface area contributed by atoms with Crippen LogP contribution >= 0.6 is 27.7 Å². The highest BCUT2D eigenvalue weighted by molar-refractivity contribution is 9.09. The zero-order valence-electron chi connectivity index (χ0n) is 7.59. The van der Waals surface area contributed by atoms with Crippen molar-refractivity contribution in [3.63, 3.8) is 0 Å². The SMILES string of the molecule is CC(CBr)CSC1CCOCC1. The summed E-state index contributed by atoms with van der Waals surface area (Å²) in [6.45, 7) is 4.24. The lowest BCUT2D eigenvalue weighted by Crippen LogP contribution is -2.18. The molecule has 1 rings (SSSR count). The average Bonchev–Trinajstić information content (AvgIpc) is 2.16. The third-order valence-electron chi connectivity index (χ3n) is 2.05. The van der Waals surface area contributed by atoms with E-state index in [0.29, 0.717) is 0 Å². The molecule has 0 radical (unpaired) electrons. The monoisotopic (exact) mass is 252 g/mol. The molecular formula is C9H17BrOS. The van der Waals surface area contributed by atoms with Gasteiger partial charge in [-0.15, -0.1) is 0 Å². The molecule has 0 amide bonds. The minimum absolute atomic E-state index is 0.804. The van der Waals surface area contributed by atoms with Crippen LogP contribution in [0.1, 0.15) is 19.8 Å². The fraction of sp³-hybridized carbons (Fsp3) is 1.00. The van der Waals surface area contributed by atoms with Gasteiger partial charge in [-0.05, 0) is 24.5 Å². The van der Waals surface area contributed by atoms with E-state index in [2.05, 4.69) is 34.6 Å². The highest BCUT2D eigenvalue weighted by Crippen LogP contribution is 2.24. The van der Waals surface area contributed by atoms with Gasteiger partial charge < -0.3 is 4.74 Å². The first kappa shape index (κ1) is 10.9. The molecule has 12 heavy (non-hydrogen) atoms. The molecule has 0 aromatic heterocycles. The van der Waals surface area contributed by atoms with Crippen molar-refractivity contribution in [3.8, 4) is 0 Å². The van der Waals surface area contributed by atoms with Crippen molar-refractivity contribution in [3.05, 3.63) is 0 Å². The van der Waals surface area contributed by atoms with Crippen molar-refractivity contribution in [1.82, 2.24) is 0 Å². The maximum absolute atomic E-state index is 5.31. The second kappa shape index (κ2) is 6.28. The molecule has 0 saturated carbocycles. The van der Waals surface area contributed by atoms with E-state index in [0.717, 1.165) is 29.7 Å². The molecule has 1 aliphatic rings. The predicted octanol–water partition coefficient (Wildman–Crippen LogP) is 2.93. The molecule has 1 atom stereocenters. The quantitative estimate of drug-likeness (QED) is 0.712. The number of hydrogen-bond donors (Lipinski definition) is 0. The Morgan fingerprint density at radius 1 is 1.50 bits per heavy atom. The zero-order valence-corrected chi connectivity index (χ0v) is 9.99. The van der Waals surface area contributed by atoms with Gasteiger partial charge in [0.15, 0.2) is 0 Å². The van der Waals surface area contributed by atoms with Gasteiger partial charge in [0.2, 0.25) is 0 Å². The Morgan fingerprint density at radius 2 is 2.17 bits per heavy atom. The lowest BCUT2D eigenvalue weighted by Gasteiger charge is -2.22. The normalized spacial score (nSPS) is 22.5. The Balaban J connectivity index is 2.05. The highest BCUT2D eigenvalue weighted by atomic mass is 79.9. The summed E-state index contributed by atoms with van der Waals surface area (Å²) < 4.78 is 5.31. The summed E-state index contributed by atoms with van der Waals surface area (Å²) in [5, 5.41) is 1.99. The van der Waals surface area contributed by atoms with Crippen LogP contribution in [0.5, 0.6) is 0 Å². The van der Waals surface area contributed by atoms with Gasteiger partial charge in [-0.3, -0.25) is 0 Å². The first-order chi connectivity index (χ1) is 5.83. The van der Waals surface area contributed by atoms with Gasteiger partial charge in [-0.25, -0.2) is 0 Å².